The second-order valence-electron chi connectivity index (χ2n) is 9.97. The van der Waals surface area contributed by atoms with E-state index >= 15 is 0 Å². The maximum atomic E-state index is 14.0. The molecule has 0 spiro atoms. The van der Waals surface area contributed by atoms with E-state index in [0.29, 0.717) is 64.5 Å². The van der Waals surface area contributed by atoms with Gasteiger partial charge in [0.1, 0.15) is 17.7 Å². The highest BCUT2D eigenvalue weighted by atomic mass is 35.5. The van der Waals surface area contributed by atoms with Gasteiger partial charge >= 0.3 is 0 Å². The Labute approximate surface area is 217 Å². The molecule has 3 aliphatic rings. The normalized spacial score (nSPS) is 23.0. The lowest BCUT2D eigenvalue weighted by Crippen LogP contribution is -2.37. The lowest BCUT2D eigenvalue weighted by Gasteiger charge is -2.29. The molecule has 2 aliphatic heterocycles. The Bertz CT molecular complexity index is 1700. The van der Waals surface area contributed by atoms with Gasteiger partial charge in [-0.05, 0) is 44.2 Å². The number of hydrogen-bond acceptors (Lipinski definition) is 8. The molecule has 0 bridgehead atoms. The van der Waals surface area contributed by atoms with Crippen LogP contribution in [0.4, 0.5) is 5.82 Å². The molecule has 2 atom stereocenters. The van der Waals surface area contributed by atoms with Crippen LogP contribution < -0.4 is 10.5 Å². The number of nitrogens with one attached hydrogen (secondary N) is 1. The predicted octanol–water partition coefficient (Wildman–Crippen LogP) is 2.80. The number of aromatic nitrogens is 6. The first-order chi connectivity index (χ1) is 17.9. The number of sulfonamides is 1. The Hall–Kier alpha value is -3.09. The Morgan fingerprint density at radius 2 is 1.92 bits per heavy atom. The number of anilines is 1. The van der Waals surface area contributed by atoms with E-state index in [9.17, 15) is 13.2 Å². The minimum Gasteiger partial charge on any atom is -0.344 e. The number of rotatable bonds is 5. The van der Waals surface area contributed by atoms with Gasteiger partial charge < -0.3 is 9.88 Å². The van der Waals surface area contributed by atoms with Crippen molar-refractivity contribution in [1.82, 2.24) is 33.8 Å². The van der Waals surface area contributed by atoms with Crippen molar-refractivity contribution in [2.24, 2.45) is 0 Å². The Kier molecular flexibility index (Phi) is 5.28. The van der Waals surface area contributed by atoms with Gasteiger partial charge in [0.15, 0.2) is 11.5 Å². The maximum Gasteiger partial charge on any atom is 0.263 e. The van der Waals surface area contributed by atoms with Gasteiger partial charge in [-0.2, -0.15) is 4.31 Å². The summed E-state index contributed by atoms with van der Waals surface area (Å²) in [5, 5.41) is 0.414. The Balaban J connectivity index is 1.37. The number of H-pyrrole nitrogens is 1. The minimum absolute atomic E-state index is 0.235. The molecule has 0 amide bonds. The van der Waals surface area contributed by atoms with Gasteiger partial charge in [0.05, 0.1) is 39.6 Å². The molecule has 0 unspecified atom stereocenters. The largest absolute Gasteiger partial charge is 0.344 e. The van der Waals surface area contributed by atoms with Gasteiger partial charge in [-0.1, -0.05) is 17.7 Å². The molecule has 3 aromatic heterocycles. The van der Waals surface area contributed by atoms with Gasteiger partial charge in [0.2, 0.25) is 10.0 Å². The van der Waals surface area contributed by atoms with E-state index in [-0.39, 0.29) is 29.4 Å². The SMILES string of the molecule is O=c1c2c(Cl)cccc2nc([C@@H]2CCCN2c2ncnc3[nH]cnc23)n1[C@@H]1CCN(S(=O)(=O)C2CC2)C1. The first-order valence-corrected chi connectivity index (χ1v) is 14.4. The van der Waals surface area contributed by atoms with Crippen LogP contribution in [0.2, 0.25) is 5.02 Å². The molecule has 1 aromatic carbocycles. The third-order valence-corrected chi connectivity index (χ3v) is 10.4. The van der Waals surface area contributed by atoms with Crippen LogP contribution in [0.25, 0.3) is 22.1 Å². The monoisotopic (exact) mass is 540 g/mol. The van der Waals surface area contributed by atoms with Crippen LogP contribution in [-0.4, -0.2) is 67.1 Å². The summed E-state index contributed by atoms with van der Waals surface area (Å²) in [6.45, 7) is 1.37. The molecule has 4 aromatic rings. The fourth-order valence-electron chi connectivity index (χ4n) is 5.79. The van der Waals surface area contributed by atoms with Crippen LogP contribution in [0.3, 0.4) is 0 Å². The third-order valence-electron chi connectivity index (χ3n) is 7.72. The van der Waals surface area contributed by atoms with Crippen molar-refractivity contribution in [1.29, 1.82) is 0 Å². The number of hydrogen-bond donors (Lipinski definition) is 1. The van der Waals surface area contributed by atoms with Crippen LogP contribution in [0, 0.1) is 0 Å². The minimum atomic E-state index is -3.34. The van der Waals surface area contributed by atoms with Crippen molar-refractivity contribution in [3.8, 4) is 0 Å². The topological polar surface area (TPSA) is 130 Å². The third kappa shape index (κ3) is 3.64. The van der Waals surface area contributed by atoms with Crippen molar-refractivity contribution in [3.63, 3.8) is 0 Å². The molecule has 1 N–H and O–H groups in total. The summed E-state index contributed by atoms with van der Waals surface area (Å²) in [7, 11) is -3.34. The van der Waals surface area contributed by atoms with Crippen LogP contribution >= 0.6 is 11.6 Å². The summed E-state index contributed by atoms with van der Waals surface area (Å²) in [6.07, 6.45) is 6.71. The van der Waals surface area contributed by atoms with E-state index in [1.54, 1.807) is 33.4 Å². The zero-order valence-electron chi connectivity index (χ0n) is 19.9. The number of imidazole rings is 1. The van der Waals surface area contributed by atoms with E-state index in [1.165, 1.54) is 6.33 Å². The first-order valence-electron chi connectivity index (χ1n) is 12.5. The van der Waals surface area contributed by atoms with E-state index < -0.39 is 10.0 Å². The molecule has 7 rings (SSSR count). The highest BCUT2D eigenvalue weighted by Gasteiger charge is 2.44. The fourth-order valence-corrected chi connectivity index (χ4v) is 7.93. The first kappa shape index (κ1) is 23.1. The number of aromatic amines is 1. The van der Waals surface area contributed by atoms with Crippen LogP contribution in [0.1, 0.15) is 50.0 Å². The molecule has 192 valence electrons. The molecule has 2 saturated heterocycles. The molecule has 1 saturated carbocycles. The lowest BCUT2D eigenvalue weighted by molar-refractivity contribution is 0.429. The summed E-state index contributed by atoms with van der Waals surface area (Å²) in [5.74, 6) is 1.29. The highest BCUT2D eigenvalue weighted by molar-refractivity contribution is 7.90. The molecule has 0 radical (unpaired) electrons. The van der Waals surface area contributed by atoms with Gasteiger partial charge in [-0.15, -0.1) is 0 Å². The number of nitrogens with zero attached hydrogens (tertiary/aromatic N) is 7. The zero-order valence-corrected chi connectivity index (χ0v) is 21.5. The molecule has 3 fully saturated rings. The Morgan fingerprint density at radius 3 is 2.76 bits per heavy atom. The highest BCUT2D eigenvalue weighted by Crippen LogP contribution is 2.39. The van der Waals surface area contributed by atoms with E-state index in [1.807, 2.05) is 0 Å². The van der Waals surface area contributed by atoms with Gasteiger partial charge in [0, 0.05) is 19.6 Å². The van der Waals surface area contributed by atoms with Gasteiger partial charge in [-0.25, -0.2) is 28.4 Å². The van der Waals surface area contributed by atoms with E-state index in [0.717, 1.165) is 19.4 Å². The Morgan fingerprint density at radius 1 is 1.05 bits per heavy atom. The molecule has 5 heterocycles. The summed E-state index contributed by atoms with van der Waals surface area (Å²) in [5.41, 5.74) is 1.60. The predicted molar refractivity (Wildman–Crippen MR) is 139 cm³/mol. The summed E-state index contributed by atoms with van der Waals surface area (Å²) in [6, 6.07) is 4.70. The summed E-state index contributed by atoms with van der Waals surface area (Å²) in [4.78, 5) is 37.4. The fraction of sp³-hybridized carbons (Fsp3) is 0.458. The molecule has 1 aliphatic carbocycles. The summed E-state index contributed by atoms with van der Waals surface area (Å²) < 4.78 is 29.2. The summed E-state index contributed by atoms with van der Waals surface area (Å²) >= 11 is 6.48. The van der Waals surface area contributed by atoms with Crippen LogP contribution in [0.5, 0.6) is 0 Å². The molecule has 37 heavy (non-hydrogen) atoms. The number of benzene rings is 1. The quantitative estimate of drug-likeness (QED) is 0.409. The molecule has 11 nitrogen and oxygen atoms in total. The van der Waals surface area contributed by atoms with Crippen LogP contribution in [-0.2, 0) is 10.0 Å². The maximum absolute atomic E-state index is 14.0. The van der Waals surface area contributed by atoms with Crippen molar-refractivity contribution >= 4 is 49.5 Å². The average Bonchev–Trinajstić information content (AvgIpc) is 3.26. The van der Waals surface area contributed by atoms with Gasteiger partial charge in [0.25, 0.3) is 5.56 Å². The second-order valence-corrected chi connectivity index (χ2v) is 12.6. The average molecular weight is 541 g/mol. The van der Waals surface area contributed by atoms with Crippen molar-refractivity contribution in [2.75, 3.05) is 24.5 Å². The van der Waals surface area contributed by atoms with Crippen LogP contribution in [0.15, 0.2) is 35.6 Å². The molecular formula is C24H25ClN8O3S. The number of fused-ring (bicyclic) bond motifs is 2. The van der Waals surface area contributed by atoms with Crippen molar-refractivity contribution in [2.45, 2.75) is 49.4 Å². The number of halogens is 1. The second kappa shape index (κ2) is 8.47. The molecular weight excluding hydrogens is 516 g/mol. The van der Waals surface area contributed by atoms with E-state index in [2.05, 4.69) is 24.8 Å². The van der Waals surface area contributed by atoms with Gasteiger partial charge in [-0.3, -0.25) is 9.36 Å². The lowest BCUT2D eigenvalue weighted by atomic mass is 10.1. The van der Waals surface area contributed by atoms with E-state index in [4.69, 9.17) is 16.6 Å². The smallest absolute Gasteiger partial charge is 0.263 e. The standard InChI is InChI=1S/C24H25ClN8O3S/c25-16-3-1-4-17-19(16)24(34)33(14-8-10-31(11-14)37(35,36)15-6-7-15)22(30-17)18-5-2-9-32(18)23-20-21(27-12-26-20)28-13-29-23/h1,3-4,12-15,18H,2,5-11H2,(H,26,27,28,29)/t14-,18+/m1/s1. The zero-order chi connectivity index (χ0) is 25.3. The molecule has 13 heteroatoms. The van der Waals surface area contributed by atoms with Crippen molar-refractivity contribution < 1.29 is 8.42 Å². The van der Waals surface area contributed by atoms with Crippen molar-refractivity contribution in [3.05, 3.63) is 52.1 Å².